The third kappa shape index (κ3) is 5.17. The van der Waals surface area contributed by atoms with E-state index in [1.54, 1.807) is 24.9 Å². The Morgan fingerprint density at radius 3 is 2.42 bits per heavy atom. The van der Waals surface area contributed by atoms with Crippen molar-refractivity contribution in [1.82, 2.24) is 29.0 Å². The molecular formula is C19H25N11O3. The summed E-state index contributed by atoms with van der Waals surface area (Å²) in [6.45, 7) is 0.259. The minimum absolute atomic E-state index is 0.0244. The highest BCUT2D eigenvalue weighted by atomic mass is 16.2. The van der Waals surface area contributed by atoms with Crippen LogP contribution >= 0.6 is 0 Å². The number of carbonyl (C=O) groups excluding carboxylic acids is 3. The van der Waals surface area contributed by atoms with E-state index in [2.05, 4.69) is 15.5 Å². The first-order chi connectivity index (χ1) is 15.6. The van der Waals surface area contributed by atoms with Crippen LogP contribution in [-0.4, -0.2) is 73.5 Å². The third-order valence-corrected chi connectivity index (χ3v) is 4.73. The average Bonchev–Trinajstić information content (AvgIpc) is 3.50. The number of aryl methyl sites for hydroxylation is 1. The van der Waals surface area contributed by atoms with Crippen LogP contribution in [0.25, 0.3) is 0 Å². The summed E-state index contributed by atoms with van der Waals surface area (Å²) in [5.41, 5.74) is 11.8. The lowest BCUT2D eigenvalue weighted by Crippen LogP contribution is -2.35. The second-order valence-corrected chi connectivity index (χ2v) is 7.31. The van der Waals surface area contributed by atoms with Crippen LogP contribution in [0.5, 0.6) is 0 Å². The van der Waals surface area contributed by atoms with E-state index in [0.717, 1.165) is 9.36 Å². The molecule has 0 aliphatic heterocycles. The molecule has 0 saturated carbocycles. The van der Waals surface area contributed by atoms with Gasteiger partial charge in [0.05, 0.1) is 11.5 Å². The standard InChI is InChI=1S/C19H25N11O3/c1-26(7-4-14(21)22)18(32)29-9-6-16(25-29)28(3)19(33)30-8-5-15(24-30)23-17(31)13-10-12(20)11-27(13)2/h5-6,8-11H,4,7,20H2,1-3H3,(H3,21,22)(H,23,24,31). The van der Waals surface area contributed by atoms with E-state index in [0.29, 0.717) is 11.4 Å². The summed E-state index contributed by atoms with van der Waals surface area (Å²) in [7, 11) is 4.73. The van der Waals surface area contributed by atoms with E-state index in [9.17, 15) is 14.4 Å². The molecule has 0 aromatic carbocycles. The topological polar surface area (TPSA) is 186 Å². The summed E-state index contributed by atoms with van der Waals surface area (Å²) >= 11 is 0. The number of nitrogens with one attached hydrogen (secondary N) is 2. The highest BCUT2D eigenvalue weighted by Crippen LogP contribution is 2.14. The molecule has 3 aromatic rings. The molecular weight excluding hydrogens is 430 g/mol. The number of hydrogen-bond acceptors (Lipinski definition) is 7. The van der Waals surface area contributed by atoms with Gasteiger partial charge in [0.1, 0.15) is 5.69 Å². The van der Waals surface area contributed by atoms with Crippen molar-refractivity contribution in [2.24, 2.45) is 12.8 Å². The molecule has 14 heteroatoms. The molecule has 0 spiro atoms. The van der Waals surface area contributed by atoms with Gasteiger partial charge in [0.25, 0.3) is 5.91 Å². The van der Waals surface area contributed by atoms with Gasteiger partial charge in [0.15, 0.2) is 11.6 Å². The van der Waals surface area contributed by atoms with E-state index >= 15 is 0 Å². The number of rotatable bonds is 6. The zero-order chi connectivity index (χ0) is 24.3. The van der Waals surface area contributed by atoms with Crippen LogP contribution in [0, 0.1) is 5.41 Å². The average molecular weight is 455 g/mol. The molecule has 0 aliphatic rings. The first-order valence-corrected chi connectivity index (χ1v) is 9.77. The maximum atomic E-state index is 12.8. The highest BCUT2D eigenvalue weighted by molar-refractivity contribution is 6.03. The molecule has 0 aliphatic carbocycles. The first-order valence-electron chi connectivity index (χ1n) is 9.77. The smallest absolute Gasteiger partial charge is 0.350 e. The molecule has 0 bridgehead atoms. The van der Waals surface area contributed by atoms with Crippen LogP contribution in [0.3, 0.4) is 0 Å². The summed E-state index contributed by atoms with van der Waals surface area (Å²) in [5.74, 6) is -0.0573. The van der Waals surface area contributed by atoms with Gasteiger partial charge in [-0.15, -0.1) is 10.2 Å². The van der Waals surface area contributed by atoms with Crippen LogP contribution in [0.15, 0.2) is 36.8 Å². The number of anilines is 3. The van der Waals surface area contributed by atoms with Crippen molar-refractivity contribution in [2.45, 2.75) is 6.42 Å². The van der Waals surface area contributed by atoms with Crippen LogP contribution < -0.4 is 21.7 Å². The number of carbonyl (C=O) groups is 3. The third-order valence-electron chi connectivity index (χ3n) is 4.73. The van der Waals surface area contributed by atoms with E-state index < -0.39 is 18.0 Å². The second kappa shape index (κ2) is 9.25. The maximum Gasteiger partial charge on any atom is 0.350 e. The molecule has 0 saturated heterocycles. The van der Waals surface area contributed by atoms with Gasteiger partial charge >= 0.3 is 12.1 Å². The number of nitrogen functional groups attached to an aromatic ring is 1. The summed E-state index contributed by atoms with van der Waals surface area (Å²) in [6.07, 6.45) is 4.67. The molecule has 3 amide bonds. The Hall–Kier alpha value is -4.62. The van der Waals surface area contributed by atoms with Gasteiger partial charge in [-0.05, 0) is 6.07 Å². The quantitative estimate of drug-likeness (QED) is 0.309. The molecule has 6 N–H and O–H groups in total. The molecule has 174 valence electrons. The van der Waals surface area contributed by atoms with Gasteiger partial charge in [-0.3, -0.25) is 15.1 Å². The van der Waals surface area contributed by atoms with Crippen molar-refractivity contribution in [3.05, 3.63) is 42.5 Å². The number of nitrogens with zero attached hydrogens (tertiary/aromatic N) is 7. The number of amidine groups is 1. The second-order valence-electron chi connectivity index (χ2n) is 7.31. The molecule has 14 nitrogen and oxygen atoms in total. The van der Waals surface area contributed by atoms with Gasteiger partial charge in [-0.2, -0.15) is 9.36 Å². The fourth-order valence-electron chi connectivity index (χ4n) is 2.90. The summed E-state index contributed by atoms with van der Waals surface area (Å²) in [4.78, 5) is 40.2. The number of nitrogens with two attached hydrogens (primary N) is 2. The summed E-state index contributed by atoms with van der Waals surface area (Å²) in [5, 5.41) is 18.1. The number of amides is 3. The lowest BCUT2D eigenvalue weighted by Gasteiger charge is -2.16. The Morgan fingerprint density at radius 2 is 1.79 bits per heavy atom. The van der Waals surface area contributed by atoms with Crippen molar-refractivity contribution in [3.63, 3.8) is 0 Å². The predicted octanol–water partition coefficient (Wildman–Crippen LogP) is 0.583. The van der Waals surface area contributed by atoms with Crippen molar-refractivity contribution in [3.8, 4) is 0 Å². The molecule has 0 radical (unpaired) electrons. The Bertz CT molecular complexity index is 1210. The SMILES string of the molecule is CN(CCC(=N)N)C(=O)n1ccc(N(C)C(=O)n2ccc(NC(=O)c3cc(N)cn3C)n2)n1. The Morgan fingerprint density at radius 1 is 1.12 bits per heavy atom. The first kappa shape index (κ1) is 23.1. The molecule has 3 aromatic heterocycles. The number of aromatic nitrogens is 5. The van der Waals surface area contributed by atoms with E-state index in [-0.39, 0.29) is 30.4 Å². The molecule has 0 atom stereocenters. The molecule has 3 rings (SSSR count). The van der Waals surface area contributed by atoms with Crippen LogP contribution in [0.1, 0.15) is 16.9 Å². The van der Waals surface area contributed by atoms with Gasteiger partial charge in [0.2, 0.25) is 0 Å². The molecule has 0 unspecified atom stereocenters. The van der Waals surface area contributed by atoms with Gasteiger partial charge < -0.3 is 26.3 Å². The fraction of sp³-hybridized carbons (Fsp3) is 0.263. The zero-order valence-corrected chi connectivity index (χ0v) is 18.4. The largest absolute Gasteiger partial charge is 0.397 e. The van der Waals surface area contributed by atoms with Gasteiger partial charge in [-0.1, -0.05) is 0 Å². The lowest BCUT2D eigenvalue weighted by atomic mass is 10.4. The highest BCUT2D eigenvalue weighted by Gasteiger charge is 2.20. The monoisotopic (exact) mass is 455 g/mol. The van der Waals surface area contributed by atoms with E-state index in [1.807, 2.05) is 0 Å². The van der Waals surface area contributed by atoms with Crippen LogP contribution in [0.4, 0.5) is 26.9 Å². The van der Waals surface area contributed by atoms with Gasteiger partial charge in [-0.25, -0.2) is 9.59 Å². The summed E-state index contributed by atoms with van der Waals surface area (Å²) in [6, 6.07) is 3.51. The normalized spacial score (nSPS) is 10.6. The Labute approximate surface area is 188 Å². The lowest BCUT2D eigenvalue weighted by molar-refractivity contribution is 0.101. The zero-order valence-electron chi connectivity index (χ0n) is 18.4. The van der Waals surface area contributed by atoms with Crippen molar-refractivity contribution in [1.29, 1.82) is 5.41 Å². The Balaban J connectivity index is 1.65. The maximum absolute atomic E-state index is 12.8. The molecule has 0 fully saturated rings. The van der Waals surface area contributed by atoms with Crippen molar-refractivity contribution in [2.75, 3.05) is 36.6 Å². The fourth-order valence-corrected chi connectivity index (χ4v) is 2.90. The van der Waals surface area contributed by atoms with Crippen molar-refractivity contribution < 1.29 is 14.4 Å². The molecule has 3 heterocycles. The molecule has 33 heavy (non-hydrogen) atoms. The van der Waals surface area contributed by atoms with E-state index in [1.165, 1.54) is 47.4 Å². The minimum Gasteiger partial charge on any atom is -0.397 e. The van der Waals surface area contributed by atoms with Crippen LogP contribution in [-0.2, 0) is 7.05 Å². The van der Waals surface area contributed by atoms with Crippen molar-refractivity contribution >= 4 is 41.1 Å². The number of hydrogen-bond donors (Lipinski definition) is 4. The minimum atomic E-state index is -0.554. The van der Waals surface area contributed by atoms with Crippen LogP contribution in [0.2, 0.25) is 0 Å². The van der Waals surface area contributed by atoms with Gasteiger partial charge in [0, 0.05) is 64.8 Å². The Kier molecular flexibility index (Phi) is 6.46. The predicted molar refractivity (Wildman–Crippen MR) is 121 cm³/mol. The van der Waals surface area contributed by atoms with E-state index in [4.69, 9.17) is 16.9 Å². The summed E-state index contributed by atoms with van der Waals surface area (Å²) < 4.78 is 3.70.